The van der Waals surface area contributed by atoms with Crippen LogP contribution in [0.2, 0.25) is 0 Å². The summed E-state index contributed by atoms with van der Waals surface area (Å²) >= 11 is 0. The van der Waals surface area contributed by atoms with E-state index >= 15 is 0 Å². The van der Waals surface area contributed by atoms with Crippen LogP contribution in [0.5, 0.6) is 0 Å². The number of carbonyl (C=O) groups excluding carboxylic acids is 1. The summed E-state index contributed by atoms with van der Waals surface area (Å²) in [7, 11) is -4.08. The van der Waals surface area contributed by atoms with Crippen molar-refractivity contribution in [1.82, 2.24) is 24.7 Å². The third-order valence-electron chi connectivity index (χ3n) is 4.70. The molecule has 164 valence electrons. The largest absolute Gasteiger partial charge is 0.345 e. The molecule has 4 aromatic rings. The van der Waals surface area contributed by atoms with Crippen LogP contribution in [-0.2, 0) is 22.3 Å². The number of halogens is 2. The first-order chi connectivity index (χ1) is 15.1. The van der Waals surface area contributed by atoms with Crippen LogP contribution in [0.4, 0.5) is 8.78 Å². The Morgan fingerprint density at radius 3 is 2.56 bits per heavy atom. The number of fused-ring (bicyclic) bond motifs is 1. The van der Waals surface area contributed by atoms with Gasteiger partial charge in [0.1, 0.15) is 16.4 Å². The maximum atomic E-state index is 13.6. The number of nitrogens with zero attached hydrogens (tertiary/aromatic N) is 4. The maximum Gasteiger partial charge on any atom is 0.270 e. The van der Waals surface area contributed by atoms with Gasteiger partial charge in [-0.3, -0.25) is 4.79 Å². The molecule has 0 aliphatic carbocycles. The molecule has 0 saturated heterocycles. The molecule has 0 aliphatic heterocycles. The molecule has 0 aliphatic rings. The highest BCUT2D eigenvalue weighted by Gasteiger charge is 2.27. The van der Waals surface area contributed by atoms with Crippen molar-refractivity contribution in [3.05, 3.63) is 84.3 Å². The minimum atomic E-state index is -4.08. The SMILES string of the molecule is CC(F)(F)c1cccc(S(=O)(=O)c2cnc(CNC(=O)c3ccc4nccn4c3)nc2)c1. The van der Waals surface area contributed by atoms with Gasteiger partial charge in [0, 0.05) is 43.5 Å². The number of rotatable bonds is 6. The van der Waals surface area contributed by atoms with E-state index in [1.54, 1.807) is 35.1 Å². The quantitative estimate of drug-likeness (QED) is 0.477. The Kier molecular flexibility index (Phi) is 5.43. The number of sulfone groups is 1. The summed E-state index contributed by atoms with van der Waals surface area (Å²) < 4.78 is 54.3. The van der Waals surface area contributed by atoms with Crippen LogP contribution >= 0.6 is 0 Å². The number of aromatic nitrogens is 4. The summed E-state index contributed by atoms with van der Waals surface area (Å²) in [5.74, 6) is -3.35. The molecule has 3 aromatic heterocycles. The Bertz CT molecular complexity index is 1400. The predicted octanol–water partition coefficient (Wildman–Crippen LogP) is 3.00. The number of alkyl halides is 2. The van der Waals surface area contributed by atoms with Crippen LogP contribution in [0.3, 0.4) is 0 Å². The van der Waals surface area contributed by atoms with E-state index in [0.717, 1.165) is 24.5 Å². The Balaban J connectivity index is 1.47. The lowest BCUT2D eigenvalue weighted by atomic mass is 10.1. The molecule has 4 rings (SSSR count). The molecule has 0 fully saturated rings. The van der Waals surface area contributed by atoms with E-state index in [1.165, 1.54) is 12.1 Å². The number of benzene rings is 1. The summed E-state index contributed by atoms with van der Waals surface area (Å²) in [6.07, 6.45) is 7.12. The first-order valence-electron chi connectivity index (χ1n) is 9.40. The standard InChI is InChI=1S/C21H17F2N5O3S/c1-21(22,23)15-3-2-4-16(9-15)32(30,31)17-10-25-18(26-11-17)12-27-20(29)14-5-6-19-24-7-8-28(19)13-14/h2-11,13H,12H2,1H3,(H,27,29). The molecule has 0 atom stereocenters. The van der Waals surface area contributed by atoms with Crippen molar-refractivity contribution >= 4 is 21.4 Å². The molecule has 0 spiro atoms. The number of nitrogens with one attached hydrogen (secondary N) is 1. The first-order valence-corrected chi connectivity index (χ1v) is 10.9. The third-order valence-corrected chi connectivity index (χ3v) is 6.41. The number of amides is 1. The van der Waals surface area contributed by atoms with Crippen LogP contribution in [0.25, 0.3) is 5.65 Å². The maximum absolute atomic E-state index is 13.6. The minimum absolute atomic E-state index is 0.0291. The van der Waals surface area contributed by atoms with E-state index in [1.807, 2.05) is 0 Å². The van der Waals surface area contributed by atoms with Gasteiger partial charge in [-0.25, -0.2) is 32.2 Å². The van der Waals surface area contributed by atoms with Gasteiger partial charge in [0.25, 0.3) is 11.8 Å². The second-order valence-electron chi connectivity index (χ2n) is 7.05. The van der Waals surface area contributed by atoms with Crippen molar-refractivity contribution in [2.45, 2.75) is 29.2 Å². The predicted molar refractivity (Wildman–Crippen MR) is 110 cm³/mol. The van der Waals surface area contributed by atoms with Gasteiger partial charge in [-0.2, -0.15) is 0 Å². The van der Waals surface area contributed by atoms with E-state index in [2.05, 4.69) is 20.3 Å². The highest BCUT2D eigenvalue weighted by atomic mass is 32.2. The topological polar surface area (TPSA) is 106 Å². The molecule has 11 heteroatoms. The summed E-state index contributed by atoms with van der Waals surface area (Å²) in [4.78, 5) is 23.9. The summed E-state index contributed by atoms with van der Waals surface area (Å²) in [5.41, 5.74) is 0.699. The van der Waals surface area contributed by atoms with Crippen molar-refractivity contribution in [2.24, 2.45) is 0 Å². The molecule has 1 N–H and O–H groups in total. The zero-order valence-electron chi connectivity index (χ0n) is 16.7. The van der Waals surface area contributed by atoms with Gasteiger partial charge >= 0.3 is 0 Å². The second-order valence-corrected chi connectivity index (χ2v) is 9.00. The molecule has 1 amide bonds. The fourth-order valence-electron chi connectivity index (χ4n) is 2.96. The highest BCUT2D eigenvalue weighted by molar-refractivity contribution is 7.91. The smallest absolute Gasteiger partial charge is 0.270 e. The third kappa shape index (κ3) is 4.33. The van der Waals surface area contributed by atoms with Gasteiger partial charge in [0.2, 0.25) is 9.84 Å². The van der Waals surface area contributed by atoms with E-state index in [0.29, 0.717) is 18.1 Å². The van der Waals surface area contributed by atoms with Crippen LogP contribution in [0, 0.1) is 0 Å². The average Bonchev–Trinajstić information content (AvgIpc) is 3.25. The lowest BCUT2D eigenvalue weighted by molar-refractivity contribution is 0.0172. The van der Waals surface area contributed by atoms with E-state index < -0.39 is 21.3 Å². The lowest BCUT2D eigenvalue weighted by Crippen LogP contribution is -2.24. The summed E-state index contributed by atoms with van der Waals surface area (Å²) in [6, 6.07) is 7.91. The Morgan fingerprint density at radius 2 is 1.84 bits per heavy atom. The molecule has 0 unspecified atom stereocenters. The van der Waals surface area contributed by atoms with Gasteiger partial charge in [-0.1, -0.05) is 12.1 Å². The van der Waals surface area contributed by atoms with Gasteiger partial charge in [-0.05, 0) is 24.3 Å². The van der Waals surface area contributed by atoms with E-state index in [-0.39, 0.29) is 28.1 Å². The Morgan fingerprint density at radius 1 is 1.09 bits per heavy atom. The van der Waals surface area contributed by atoms with Crippen molar-refractivity contribution in [2.75, 3.05) is 0 Å². The Hall–Kier alpha value is -3.73. The zero-order valence-corrected chi connectivity index (χ0v) is 17.6. The lowest BCUT2D eigenvalue weighted by Gasteiger charge is -2.12. The normalized spacial score (nSPS) is 12.1. The van der Waals surface area contributed by atoms with E-state index in [4.69, 9.17) is 0 Å². The van der Waals surface area contributed by atoms with Gasteiger partial charge < -0.3 is 9.72 Å². The summed E-state index contributed by atoms with van der Waals surface area (Å²) in [6.45, 7) is 0.664. The summed E-state index contributed by atoms with van der Waals surface area (Å²) in [5, 5.41) is 2.66. The fourth-order valence-corrected chi connectivity index (χ4v) is 4.16. The molecule has 0 saturated carbocycles. The molecule has 1 aromatic carbocycles. The fraction of sp³-hybridized carbons (Fsp3) is 0.143. The molecule has 3 heterocycles. The first kappa shape index (κ1) is 21.5. The Labute approximate surface area is 181 Å². The van der Waals surface area contributed by atoms with E-state index in [9.17, 15) is 22.0 Å². The van der Waals surface area contributed by atoms with Crippen LogP contribution in [0.15, 0.2) is 77.2 Å². The van der Waals surface area contributed by atoms with Crippen molar-refractivity contribution in [3.8, 4) is 0 Å². The number of imidazole rings is 1. The average molecular weight is 457 g/mol. The molecule has 8 nitrogen and oxygen atoms in total. The molecule has 0 radical (unpaired) electrons. The second kappa shape index (κ2) is 8.08. The van der Waals surface area contributed by atoms with Gasteiger partial charge in [0.05, 0.1) is 17.0 Å². The molecule has 32 heavy (non-hydrogen) atoms. The van der Waals surface area contributed by atoms with Crippen molar-refractivity contribution < 1.29 is 22.0 Å². The zero-order chi connectivity index (χ0) is 22.9. The molecule has 0 bridgehead atoms. The molecular formula is C21H17F2N5O3S. The van der Waals surface area contributed by atoms with Gasteiger partial charge in [0.15, 0.2) is 0 Å². The number of pyridine rings is 1. The minimum Gasteiger partial charge on any atom is -0.345 e. The number of carbonyl (C=O) groups is 1. The van der Waals surface area contributed by atoms with Gasteiger partial charge in [-0.15, -0.1) is 0 Å². The number of hydrogen-bond acceptors (Lipinski definition) is 6. The monoisotopic (exact) mass is 457 g/mol. The van der Waals surface area contributed by atoms with Crippen LogP contribution in [0.1, 0.15) is 28.7 Å². The van der Waals surface area contributed by atoms with Crippen molar-refractivity contribution in [1.29, 1.82) is 0 Å². The molecular weight excluding hydrogens is 440 g/mol. The number of hydrogen-bond donors (Lipinski definition) is 1. The van der Waals surface area contributed by atoms with Crippen LogP contribution in [-0.4, -0.2) is 33.7 Å². The van der Waals surface area contributed by atoms with Crippen LogP contribution < -0.4 is 5.32 Å². The highest BCUT2D eigenvalue weighted by Crippen LogP contribution is 2.30. The van der Waals surface area contributed by atoms with Crippen molar-refractivity contribution in [3.63, 3.8) is 0 Å².